The Bertz CT molecular complexity index is 463. The standard InChI is InChI=1S/C17H27O4P/c1-3-20-22(19,21-4-2)15-11-6-5-10-14-17(18)16-12-8-7-9-13-16/h7-9,12-13H,3-6,10-11,14-15H2,1-2H3. The van der Waals surface area contributed by atoms with Crippen LogP contribution in [0, 0.1) is 0 Å². The summed E-state index contributed by atoms with van der Waals surface area (Å²) in [5.41, 5.74) is 0.777. The summed E-state index contributed by atoms with van der Waals surface area (Å²) in [7, 11) is -2.90. The van der Waals surface area contributed by atoms with Crippen LogP contribution in [-0.4, -0.2) is 25.2 Å². The molecule has 5 heteroatoms. The number of carbonyl (C=O) groups excluding carboxylic acids is 1. The molecule has 0 bridgehead atoms. The zero-order valence-electron chi connectivity index (χ0n) is 13.6. The molecule has 1 rings (SSSR count). The molecule has 124 valence electrons. The summed E-state index contributed by atoms with van der Waals surface area (Å²) in [4.78, 5) is 11.9. The Morgan fingerprint density at radius 1 is 0.955 bits per heavy atom. The molecule has 4 nitrogen and oxygen atoms in total. The van der Waals surface area contributed by atoms with Crippen LogP contribution < -0.4 is 0 Å². The molecule has 0 aromatic heterocycles. The van der Waals surface area contributed by atoms with Gasteiger partial charge in [-0.15, -0.1) is 0 Å². The van der Waals surface area contributed by atoms with Gasteiger partial charge < -0.3 is 9.05 Å². The second kappa shape index (κ2) is 10.7. The summed E-state index contributed by atoms with van der Waals surface area (Å²) in [6, 6.07) is 9.37. The van der Waals surface area contributed by atoms with Crippen LogP contribution in [0.4, 0.5) is 0 Å². The quantitative estimate of drug-likeness (QED) is 0.305. The number of rotatable bonds is 12. The van der Waals surface area contributed by atoms with Gasteiger partial charge in [0.2, 0.25) is 0 Å². The Kier molecular flexibility index (Phi) is 9.30. The van der Waals surface area contributed by atoms with Gasteiger partial charge in [-0.25, -0.2) is 0 Å². The zero-order chi connectivity index (χ0) is 16.3. The molecule has 0 saturated heterocycles. The van der Waals surface area contributed by atoms with Crippen molar-refractivity contribution in [2.45, 2.75) is 46.0 Å². The number of Topliss-reactive ketones (excluding diaryl/α,β-unsaturated/α-hetero) is 1. The SMILES string of the molecule is CCOP(=O)(CCCCCCC(=O)c1ccccc1)OCC. The smallest absolute Gasteiger partial charge is 0.309 e. The third-order valence-electron chi connectivity index (χ3n) is 3.33. The van der Waals surface area contributed by atoms with Gasteiger partial charge in [0.25, 0.3) is 0 Å². The van der Waals surface area contributed by atoms with Crippen molar-refractivity contribution in [3.05, 3.63) is 35.9 Å². The minimum Gasteiger partial charge on any atom is -0.309 e. The maximum absolute atomic E-state index is 12.2. The van der Waals surface area contributed by atoms with E-state index in [0.29, 0.717) is 25.8 Å². The normalized spacial score (nSPS) is 11.5. The fourth-order valence-corrected chi connectivity index (χ4v) is 4.00. The first-order chi connectivity index (χ1) is 10.6. The lowest BCUT2D eigenvalue weighted by atomic mass is 10.0. The zero-order valence-corrected chi connectivity index (χ0v) is 14.5. The van der Waals surface area contributed by atoms with Crippen molar-refractivity contribution in [3.8, 4) is 0 Å². The molecule has 1 aromatic carbocycles. The number of carbonyl (C=O) groups is 1. The fraction of sp³-hybridized carbons (Fsp3) is 0.588. The van der Waals surface area contributed by atoms with Crippen LogP contribution in [0.1, 0.15) is 56.3 Å². The number of unbranched alkanes of at least 4 members (excludes halogenated alkanes) is 3. The molecule has 0 aliphatic carbocycles. The highest BCUT2D eigenvalue weighted by atomic mass is 31.2. The van der Waals surface area contributed by atoms with Crippen LogP contribution in [0.2, 0.25) is 0 Å². The van der Waals surface area contributed by atoms with Gasteiger partial charge in [0.05, 0.1) is 19.4 Å². The van der Waals surface area contributed by atoms with Crippen LogP contribution in [0.25, 0.3) is 0 Å². The molecular formula is C17H27O4P. The van der Waals surface area contributed by atoms with E-state index in [1.807, 2.05) is 44.2 Å². The van der Waals surface area contributed by atoms with Crippen molar-refractivity contribution < 1.29 is 18.4 Å². The molecule has 0 aliphatic rings. The third kappa shape index (κ3) is 7.35. The van der Waals surface area contributed by atoms with Crippen LogP contribution >= 0.6 is 7.60 Å². The summed E-state index contributed by atoms with van der Waals surface area (Å²) in [5, 5.41) is 0. The molecule has 0 unspecified atom stereocenters. The summed E-state index contributed by atoms with van der Waals surface area (Å²) < 4.78 is 22.7. The van der Waals surface area contributed by atoms with Gasteiger partial charge in [0.15, 0.2) is 5.78 Å². The van der Waals surface area contributed by atoms with Gasteiger partial charge in [-0.05, 0) is 26.7 Å². The van der Waals surface area contributed by atoms with Gasteiger partial charge in [0.1, 0.15) is 0 Å². The molecular weight excluding hydrogens is 299 g/mol. The van der Waals surface area contributed by atoms with E-state index >= 15 is 0 Å². The van der Waals surface area contributed by atoms with E-state index in [2.05, 4.69) is 0 Å². The molecule has 0 saturated carbocycles. The molecule has 0 atom stereocenters. The van der Waals surface area contributed by atoms with Gasteiger partial charge >= 0.3 is 7.60 Å². The Hall–Kier alpha value is -0.960. The number of hydrogen-bond acceptors (Lipinski definition) is 4. The first kappa shape index (κ1) is 19.1. The Morgan fingerprint density at radius 2 is 1.55 bits per heavy atom. The first-order valence-electron chi connectivity index (χ1n) is 8.07. The van der Waals surface area contributed by atoms with Crippen LogP contribution in [0.15, 0.2) is 30.3 Å². The minimum absolute atomic E-state index is 0.190. The second-order valence-corrected chi connectivity index (χ2v) is 7.31. The van der Waals surface area contributed by atoms with E-state index in [4.69, 9.17) is 9.05 Å². The van der Waals surface area contributed by atoms with Crippen molar-refractivity contribution in [2.24, 2.45) is 0 Å². The molecule has 0 aliphatic heterocycles. The molecule has 0 fully saturated rings. The van der Waals surface area contributed by atoms with Crippen molar-refractivity contribution in [1.82, 2.24) is 0 Å². The highest BCUT2D eigenvalue weighted by molar-refractivity contribution is 7.53. The van der Waals surface area contributed by atoms with Crippen molar-refractivity contribution in [1.29, 1.82) is 0 Å². The third-order valence-corrected chi connectivity index (χ3v) is 5.50. The molecule has 0 radical (unpaired) electrons. The van der Waals surface area contributed by atoms with Crippen molar-refractivity contribution >= 4 is 13.4 Å². The van der Waals surface area contributed by atoms with E-state index in [0.717, 1.165) is 31.2 Å². The average molecular weight is 326 g/mol. The van der Waals surface area contributed by atoms with Gasteiger partial charge in [-0.2, -0.15) is 0 Å². The summed E-state index contributed by atoms with van der Waals surface area (Å²) >= 11 is 0. The molecule has 0 amide bonds. The van der Waals surface area contributed by atoms with Crippen molar-refractivity contribution in [2.75, 3.05) is 19.4 Å². The minimum atomic E-state index is -2.90. The Balaban J connectivity index is 2.17. The van der Waals surface area contributed by atoms with Gasteiger partial charge in [-0.1, -0.05) is 43.2 Å². The molecule has 0 heterocycles. The van der Waals surface area contributed by atoms with Gasteiger partial charge in [-0.3, -0.25) is 9.36 Å². The van der Waals surface area contributed by atoms with E-state index < -0.39 is 7.60 Å². The molecule has 0 spiro atoms. The van der Waals surface area contributed by atoms with Crippen LogP contribution in [0.3, 0.4) is 0 Å². The van der Waals surface area contributed by atoms with E-state index in [-0.39, 0.29) is 5.78 Å². The summed E-state index contributed by atoms with van der Waals surface area (Å²) in [6.45, 7) is 4.45. The average Bonchev–Trinajstić information content (AvgIpc) is 2.52. The van der Waals surface area contributed by atoms with E-state index in [1.54, 1.807) is 0 Å². The lowest BCUT2D eigenvalue weighted by molar-refractivity contribution is 0.0979. The highest BCUT2D eigenvalue weighted by Gasteiger charge is 2.22. The largest absolute Gasteiger partial charge is 0.330 e. The van der Waals surface area contributed by atoms with E-state index in [1.165, 1.54) is 0 Å². The molecule has 22 heavy (non-hydrogen) atoms. The number of hydrogen-bond donors (Lipinski definition) is 0. The number of ketones is 1. The van der Waals surface area contributed by atoms with Gasteiger partial charge in [0, 0.05) is 12.0 Å². The van der Waals surface area contributed by atoms with Crippen LogP contribution in [0.5, 0.6) is 0 Å². The first-order valence-corrected chi connectivity index (χ1v) is 9.80. The summed E-state index contributed by atoms with van der Waals surface area (Å²) in [6.07, 6.45) is 4.58. The maximum atomic E-state index is 12.2. The monoisotopic (exact) mass is 326 g/mol. The highest BCUT2D eigenvalue weighted by Crippen LogP contribution is 2.48. The fourth-order valence-electron chi connectivity index (χ4n) is 2.27. The Morgan fingerprint density at radius 3 is 2.14 bits per heavy atom. The maximum Gasteiger partial charge on any atom is 0.330 e. The second-order valence-electron chi connectivity index (χ2n) is 5.12. The predicted octanol–water partition coefficient (Wildman–Crippen LogP) is 5.09. The van der Waals surface area contributed by atoms with Crippen LogP contribution in [-0.2, 0) is 13.6 Å². The van der Waals surface area contributed by atoms with E-state index in [9.17, 15) is 9.36 Å². The lowest BCUT2D eigenvalue weighted by Crippen LogP contribution is -2.01. The number of benzene rings is 1. The van der Waals surface area contributed by atoms with Crippen molar-refractivity contribution in [3.63, 3.8) is 0 Å². The topological polar surface area (TPSA) is 52.6 Å². The summed E-state index contributed by atoms with van der Waals surface area (Å²) in [5.74, 6) is 0.190. The predicted molar refractivity (Wildman–Crippen MR) is 89.6 cm³/mol. The lowest BCUT2D eigenvalue weighted by Gasteiger charge is -2.16. The Labute approximate surface area is 133 Å². The molecule has 0 N–H and O–H groups in total. The molecule has 1 aromatic rings.